The zero-order valence-electron chi connectivity index (χ0n) is 13.3. The minimum Gasteiger partial charge on any atom is -0.392 e. The van der Waals surface area contributed by atoms with Crippen molar-refractivity contribution in [3.8, 4) is 11.3 Å². The Bertz CT molecular complexity index is 1170. The summed E-state index contributed by atoms with van der Waals surface area (Å²) in [5.74, 6) is 0.430. The first-order valence-electron chi connectivity index (χ1n) is 7.62. The third kappa shape index (κ3) is 2.59. The first-order valence-corrected chi connectivity index (χ1v) is 8.41. The van der Waals surface area contributed by atoms with Gasteiger partial charge in [-0.3, -0.25) is 9.36 Å². The van der Waals surface area contributed by atoms with Gasteiger partial charge in [-0.15, -0.1) is 0 Å². The Morgan fingerprint density at radius 2 is 2.04 bits per heavy atom. The van der Waals surface area contributed by atoms with E-state index in [-0.39, 0.29) is 17.7 Å². The van der Waals surface area contributed by atoms with E-state index in [0.717, 1.165) is 11.3 Å². The minimum absolute atomic E-state index is 0.118. The van der Waals surface area contributed by atoms with Gasteiger partial charge in [0.15, 0.2) is 15.9 Å². The predicted molar refractivity (Wildman–Crippen MR) is 99.4 cm³/mol. The number of aromatic amines is 1. The van der Waals surface area contributed by atoms with E-state index in [1.807, 2.05) is 31.2 Å². The molecule has 0 saturated carbocycles. The highest BCUT2D eigenvalue weighted by Crippen LogP contribution is 2.21. The number of aromatic nitrogens is 5. The summed E-state index contributed by atoms with van der Waals surface area (Å²) < 4.78 is 3.51. The van der Waals surface area contributed by atoms with E-state index in [1.165, 1.54) is 9.96 Å². The quantitative estimate of drug-likeness (QED) is 0.518. The van der Waals surface area contributed by atoms with Crippen LogP contribution in [-0.2, 0) is 0 Å². The number of aliphatic hydroxyl groups is 1. The molecule has 0 aliphatic carbocycles. The summed E-state index contributed by atoms with van der Waals surface area (Å²) >= 11 is 3.31. The van der Waals surface area contributed by atoms with Crippen molar-refractivity contribution in [1.29, 1.82) is 0 Å². The molecule has 3 aromatic heterocycles. The second-order valence-corrected chi connectivity index (χ2v) is 6.34. The third-order valence-electron chi connectivity index (χ3n) is 3.93. The van der Waals surface area contributed by atoms with Gasteiger partial charge in [-0.05, 0) is 34.5 Å². The Labute approximate surface area is 150 Å². The number of rotatable bonds is 3. The normalized spacial score (nSPS) is 12.0. The summed E-state index contributed by atoms with van der Waals surface area (Å²) in [4.78, 5) is 24.7. The zero-order chi connectivity index (χ0) is 17.6. The van der Waals surface area contributed by atoms with Crippen molar-refractivity contribution >= 4 is 39.1 Å². The molecule has 4 aromatic rings. The van der Waals surface area contributed by atoms with Gasteiger partial charge in [-0.25, -0.2) is 9.38 Å². The van der Waals surface area contributed by atoms with Gasteiger partial charge in [-0.1, -0.05) is 29.8 Å². The number of fused-ring (bicyclic) bond motifs is 2. The molecule has 4 rings (SSSR count). The molecule has 25 heavy (non-hydrogen) atoms. The number of hydrogen-bond acceptors (Lipinski definition) is 4. The molecule has 8 heteroatoms. The predicted octanol–water partition coefficient (Wildman–Crippen LogP) is 2.57. The second kappa shape index (κ2) is 5.98. The van der Waals surface area contributed by atoms with Crippen molar-refractivity contribution in [1.82, 2.24) is 23.9 Å². The Morgan fingerprint density at radius 3 is 2.76 bits per heavy atom. The van der Waals surface area contributed by atoms with Crippen molar-refractivity contribution < 1.29 is 5.11 Å². The van der Waals surface area contributed by atoms with Crippen LogP contribution in [0.1, 0.15) is 5.56 Å². The summed E-state index contributed by atoms with van der Waals surface area (Å²) in [7, 11) is 0. The van der Waals surface area contributed by atoms with Crippen LogP contribution in [0.3, 0.4) is 0 Å². The van der Waals surface area contributed by atoms with E-state index in [0.29, 0.717) is 16.2 Å². The van der Waals surface area contributed by atoms with Crippen LogP contribution in [0, 0.1) is 6.92 Å². The molecule has 0 spiro atoms. The van der Waals surface area contributed by atoms with Crippen molar-refractivity contribution in [3.05, 3.63) is 57.2 Å². The van der Waals surface area contributed by atoms with Gasteiger partial charge in [0.05, 0.1) is 12.3 Å². The molecule has 0 unspecified atom stereocenters. The number of halogens is 1. The van der Waals surface area contributed by atoms with Crippen molar-refractivity contribution in [3.63, 3.8) is 0 Å². The summed E-state index contributed by atoms with van der Waals surface area (Å²) in [6.07, 6.45) is 4.89. The van der Waals surface area contributed by atoms with E-state index in [2.05, 4.69) is 30.9 Å². The number of H-pyrrole nitrogens is 1. The van der Waals surface area contributed by atoms with E-state index >= 15 is 0 Å². The van der Waals surface area contributed by atoms with Gasteiger partial charge in [0, 0.05) is 12.4 Å². The molecule has 0 aliphatic rings. The summed E-state index contributed by atoms with van der Waals surface area (Å²) in [5.41, 5.74) is 3.34. The fraction of sp³-hybridized carbons (Fsp3) is 0.118. The molecule has 7 nitrogen and oxygen atoms in total. The molecular weight excluding hydrogens is 386 g/mol. The minimum atomic E-state index is -0.258. The maximum atomic E-state index is 12.8. The molecule has 1 aromatic carbocycles. The topological polar surface area (TPSA) is 88.2 Å². The number of nitrogens with zero attached hydrogens (tertiary/aromatic N) is 4. The van der Waals surface area contributed by atoms with Crippen LogP contribution in [0.2, 0.25) is 0 Å². The Morgan fingerprint density at radius 1 is 1.28 bits per heavy atom. The van der Waals surface area contributed by atoms with E-state index in [9.17, 15) is 4.79 Å². The lowest BCUT2D eigenvalue weighted by Gasteiger charge is -1.97. The van der Waals surface area contributed by atoms with E-state index in [4.69, 9.17) is 5.11 Å². The molecule has 0 aliphatic heterocycles. The van der Waals surface area contributed by atoms with Gasteiger partial charge in [0.25, 0.3) is 5.56 Å². The largest absolute Gasteiger partial charge is 0.392 e. The van der Waals surface area contributed by atoms with Crippen LogP contribution in [0.15, 0.2) is 46.1 Å². The number of hydrogen-bond donors (Lipinski definition) is 2. The molecule has 3 heterocycles. The van der Waals surface area contributed by atoms with E-state index in [1.54, 1.807) is 23.0 Å². The third-order valence-corrected chi connectivity index (χ3v) is 4.49. The molecule has 0 fully saturated rings. The van der Waals surface area contributed by atoms with Crippen molar-refractivity contribution in [2.24, 2.45) is 0 Å². The first-order chi connectivity index (χ1) is 12.1. The average Bonchev–Trinajstić information content (AvgIpc) is 3.16. The maximum absolute atomic E-state index is 12.8. The highest BCUT2D eigenvalue weighted by molar-refractivity contribution is 9.10. The first kappa shape index (κ1) is 15.8. The van der Waals surface area contributed by atoms with Gasteiger partial charge in [0.1, 0.15) is 0 Å². The average molecular weight is 400 g/mol. The fourth-order valence-electron chi connectivity index (χ4n) is 2.67. The highest BCUT2D eigenvalue weighted by Gasteiger charge is 2.16. The van der Waals surface area contributed by atoms with E-state index < -0.39 is 0 Å². The number of imidazole rings is 2. The summed E-state index contributed by atoms with van der Waals surface area (Å²) in [6, 6.07) is 8.01. The van der Waals surface area contributed by atoms with Gasteiger partial charge >= 0.3 is 0 Å². The molecule has 0 bridgehead atoms. The zero-order valence-corrected chi connectivity index (χ0v) is 14.9. The van der Waals surface area contributed by atoms with Crippen LogP contribution in [-0.4, -0.2) is 35.6 Å². The Kier molecular flexibility index (Phi) is 3.78. The van der Waals surface area contributed by atoms with Crippen LogP contribution in [0.5, 0.6) is 0 Å². The van der Waals surface area contributed by atoms with Crippen LogP contribution in [0.25, 0.3) is 34.4 Å². The number of nitrogens with one attached hydrogen (secondary N) is 1. The van der Waals surface area contributed by atoms with Gasteiger partial charge < -0.3 is 10.1 Å². The van der Waals surface area contributed by atoms with Gasteiger partial charge in [-0.2, -0.15) is 4.98 Å². The lowest BCUT2D eigenvalue weighted by molar-refractivity contribution is 0.343. The lowest BCUT2D eigenvalue weighted by atomic mass is 10.1. The van der Waals surface area contributed by atoms with Crippen molar-refractivity contribution in [2.75, 3.05) is 6.61 Å². The lowest BCUT2D eigenvalue weighted by Crippen LogP contribution is -2.13. The smallest absolute Gasteiger partial charge is 0.287 e. The number of aliphatic hydroxyl groups excluding tert-OH is 1. The molecule has 2 N–H and O–H groups in total. The van der Waals surface area contributed by atoms with Crippen molar-refractivity contribution in [2.45, 2.75) is 6.92 Å². The van der Waals surface area contributed by atoms with Crippen LogP contribution < -0.4 is 5.56 Å². The highest BCUT2D eigenvalue weighted by atomic mass is 79.9. The Hall–Kier alpha value is -2.71. The molecule has 0 amide bonds. The standard InChI is InChI=1S/C17H14BrN5O2/c1-10-3-5-11(6-4-10)12-9-23-15(25)13-14(21-17(23)19-12)22(7-2-8-24)16(18)20-13/h2-7,9,24H,8H2,1H3,(H,19,21). The number of aryl methyl sites for hydroxylation is 1. The summed E-state index contributed by atoms with van der Waals surface area (Å²) in [6.45, 7) is 1.91. The SMILES string of the molecule is Cc1ccc(-c2cn3c(=O)c4nc(Br)n(C=CCO)c4nc3[nH]2)cc1. The summed E-state index contributed by atoms with van der Waals surface area (Å²) in [5, 5.41) is 8.97. The van der Waals surface area contributed by atoms with Crippen LogP contribution in [0.4, 0.5) is 0 Å². The maximum Gasteiger partial charge on any atom is 0.287 e. The van der Waals surface area contributed by atoms with Crippen LogP contribution >= 0.6 is 15.9 Å². The van der Waals surface area contributed by atoms with Gasteiger partial charge in [0.2, 0.25) is 5.78 Å². The molecular formula is C17H14BrN5O2. The fourth-order valence-corrected chi connectivity index (χ4v) is 3.13. The molecule has 0 atom stereocenters. The molecule has 0 saturated heterocycles. The monoisotopic (exact) mass is 399 g/mol. The second-order valence-electron chi connectivity index (χ2n) is 5.63. The Balaban J connectivity index is 1.96. The molecule has 126 valence electrons. The number of benzene rings is 1. The molecule has 0 radical (unpaired) electrons.